The molecule has 1 aliphatic rings. The second-order valence-electron chi connectivity index (χ2n) is 5.17. The summed E-state index contributed by atoms with van der Waals surface area (Å²) in [4.78, 5) is 2.42. The van der Waals surface area contributed by atoms with Crippen LogP contribution in [0.3, 0.4) is 0 Å². The molecular weight excluding hydrogens is 234 g/mol. The van der Waals surface area contributed by atoms with E-state index in [9.17, 15) is 8.78 Å². The molecule has 1 aromatic rings. The lowest BCUT2D eigenvalue weighted by atomic mass is 10.0. The Morgan fingerprint density at radius 3 is 2.44 bits per heavy atom. The van der Waals surface area contributed by atoms with Crippen molar-refractivity contribution in [3.05, 3.63) is 29.8 Å². The van der Waals surface area contributed by atoms with Gasteiger partial charge in [0.1, 0.15) is 11.6 Å². The maximum atomic E-state index is 13.5. The van der Waals surface area contributed by atoms with Crippen molar-refractivity contribution in [2.45, 2.75) is 38.8 Å². The first-order chi connectivity index (χ1) is 8.56. The lowest BCUT2D eigenvalue weighted by Crippen LogP contribution is -2.42. The van der Waals surface area contributed by atoms with Gasteiger partial charge in [-0.05, 0) is 38.8 Å². The van der Waals surface area contributed by atoms with E-state index in [0.29, 0.717) is 11.7 Å². The highest BCUT2D eigenvalue weighted by Gasteiger charge is 2.21. The largest absolute Gasteiger partial charge is 0.380 e. The van der Waals surface area contributed by atoms with Crippen molar-refractivity contribution in [2.24, 2.45) is 0 Å². The molecule has 0 bridgehead atoms. The SMILES string of the molecule is CC(C)N1CCC(Nc2ccc(F)cc2F)CC1. The first-order valence-electron chi connectivity index (χ1n) is 6.52. The highest BCUT2D eigenvalue weighted by atomic mass is 19.1. The van der Waals surface area contributed by atoms with Crippen LogP contribution < -0.4 is 5.32 Å². The van der Waals surface area contributed by atoms with Gasteiger partial charge in [0.2, 0.25) is 0 Å². The van der Waals surface area contributed by atoms with E-state index in [1.54, 1.807) is 0 Å². The Hall–Kier alpha value is -1.16. The quantitative estimate of drug-likeness (QED) is 0.890. The molecule has 0 saturated carbocycles. The van der Waals surface area contributed by atoms with Gasteiger partial charge >= 0.3 is 0 Å². The Morgan fingerprint density at radius 2 is 1.89 bits per heavy atom. The second-order valence-corrected chi connectivity index (χ2v) is 5.17. The summed E-state index contributed by atoms with van der Waals surface area (Å²) in [5.41, 5.74) is 0.402. The van der Waals surface area contributed by atoms with Gasteiger partial charge in [-0.3, -0.25) is 0 Å². The number of nitrogens with zero attached hydrogens (tertiary/aromatic N) is 1. The minimum Gasteiger partial charge on any atom is -0.380 e. The van der Waals surface area contributed by atoms with Crippen molar-refractivity contribution in [3.63, 3.8) is 0 Å². The summed E-state index contributed by atoms with van der Waals surface area (Å²) in [6.45, 7) is 6.43. The molecule has 0 aliphatic carbocycles. The number of hydrogen-bond donors (Lipinski definition) is 1. The molecule has 0 spiro atoms. The summed E-state index contributed by atoms with van der Waals surface area (Å²) in [7, 11) is 0. The van der Waals surface area contributed by atoms with Crippen molar-refractivity contribution in [1.29, 1.82) is 0 Å². The number of halogens is 2. The van der Waals surface area contributed by atoms with E-state index in [1.807, 2.05) is 0 Å². The van der Waals surface area contributed by atoms with E-state index >= 15 is 0 Å². The zero-order valence-electron chi connectivity index (χ0n) is 10.9. The van der Waals surface area contributed by atoms with Crippen LogP contribution in [0.1, 0.15) is 26.7 Å². The van der Waals surface area contributed by atoms with Crippen LogP contribution in [0, 0.1) is 11.6 Å². The molecule has 100 valence electrons. The Balaban J connectivity index is 1.91. The Kier molecular flexibility index (Phi) is 4.17. The molecular formula is C14H20F2N2. The molecule has 2 rings (SSSR count). The first kappa shape index (κ1) is 13.3. The summed E-state index contributed by atoms with van der Waals surface area (Å²) in [5.74, 6) is -1.05. The molecule has 1 N–H and O–H groups in total. The zero-order valence-corrected chi connectivity index (χ0v) is 10.9. The van der Waals surface area contributed by atoms with Gasteiger partial charge in [-0.25, -0.2) is 8.78 Å². The second kappa shape index (κ2) is 5.65. The molecule has 2 nitrogen and oxygen atoms in total. The summed E-state index contributed by atoms with van der Waals surface area (Å²) in [6.07, 6.45) is 1.99. The van der Waals surface area contributed by atoms with Crippen molar-refractivity contribution in [3.8, 4) is 0 Å². The fourth-order valence-corrected chi connectivity index (χ4v) is 2.39. The van der Waals surface area contributed by atoms with E-state index in [-0.39, 0.29) is 6.04 Å². The molecule has 1 heterocycles. The smallest absolute Gasteiger partial charge is 0.149 e. The number of rotatable bonds is 3. The van der Waals surface area contributed by atoms with Crippen LogP contribution in [0.25, 0.3) is 0 Å². The highest BCUT2D eigenvalue weighted by Crippen LogP contribution is 2.20. The van der Waals surface area contributed by atoms with Crippen LogP contribution in [0.15, 0.2) is 18.2 Å². The predicted molar refractivity (Wildman–Crippen MR) is 69.7 cm³/mol. The maximum absolute atomic E-state index is 13.5. The van der Waals surface area contributed by atoms with E-state index < -0.39 is 11.6 Å². The number of benzene rings is 1. The average Bonchev–Trinajstić information content (AvgIpc) is 2.33. The van der Waals surface area contributed by atoms with E-state index in [0.717, 1.165) is 32.0 Å². The topological polar surface area (TPSA) is 15.3 Å². The fourth-order valence-electron chi connectivity index (χ4n) is 2.39. The fraction of sp³-hybridized carbons (Fsp3) is 0.571. The normalized spacial score (nSPS) is 18.3. The molecule has 1 aromatic carbocycles. The van der Waals surface area contributed by atoms with Gasteiger partial charge < -0.3 is 10.2 Å². The van der Waals surface area contributed by atoms with Crippen molar-refractivity contribution >= 4 is 5.69 Å². The van der Waals surface area contributed by atoms with Crippen LogP contribution in [0.4, 0.5) is 14.5 Å². The molecule has 0 atom stereocenters. The van der Waals surface area contributed by atoms with Crippen molar-refractivity contribution < 1.29 is 8.78 Å². The van der Waals surface area contributed by atoms with Gasteiger partial charge in [0.05, 0.1) is 5.69 Å². The number of hydrogen-bond acceptors (Lipinski definition) is 2. The van der Waals surface area contributed by atoms with Gasteiger partial charge in [-0.15, -0.1) is 0 Å². The van der Waals surface area contributed by atoms with E-state index in [4.69, 9.17) is 0 Å². The third-order valence-corrected chi connectivity index (χ3v) is 3.55. The Bertz CT molecular complexity index is 399. The number of likely N-dealkylation sites (tertiary alicyclic amines) is 1. The minimum absolute atomic E-state index is 0.278. The van der Waals surface area contributed by atoms with E-state index in [2.05, 4.69) is 24.1 Å². The molecule has 0 aromatic heterocycles. The summed E-state index contributed by atoms with van der Waals surface area (Å²) < 4.78 is 26.3. The molecule has 4 heteroatoms. The molecule has 1 aliphatic heterocycles. The molecule has 18 heavy (non-hydrogen) atoms. The number of nitrogens with one attached hydrogen (secondary N) is 1. The van der Waals surface area contributed by atoms with Crippen LogP contribution >= 0.6 is 0 Å². The predicted octanol–water partition coefficient (Wildman–Crippen LogP) is 3.25. The maximum Gasteiger partial charge on any atom is 0.149 e. The third-order valence-electron chi connectivity index (χ3n) is 3.55. The molecule has 0 radical (unpaired) electrons. The van der Waals surface area contributed by atoms with Gasteiger partial charge in [0.15, 0.2) is 0 Å². The monoisotopic (exact) mass is 254 g/mol. The molecule has 0 unspecified atom stereocenters. The standard InChI is InChI=1S/C14H20F2N2/c1-10(2)18-7-5-12(6-8-18)17-14-4-3-11(15)9-13(14)16/h3-4,9-10,12,17H,5-8H2,1-2H3. The molecule has 0 amide bonds. The zero-order chi connectivity index (χ0) is 13.1. The summed E-state index contributed by atoms with van der Waals surface area (Å²) >= 11 is 0. The van der Waals surface area contributed by atoms with Gasteiger partial charge in [0, 0.05) is 31.2 Å². The number of anilines is 1. The van der Waals surface area contributed by atoms with E-state index in [1.165, 1.54) is 12.1 Å². The van der Waals surface area contributed by atoms with Crippen LogP contribution in [-0.4, -0.2) is 30.1 Å². The average molecular weight is 254 g/mol. The Morgan fingerprint density at radius 1 is 1.22 bits per heavy atom. The first-order valence-corrected chi connectivity index (χ1v) is 6.52. The van der Waals surface area contributed by atoms with Gasteiger partial charge in [-0.2, -0.15) is 0 Å². The highest BCUT2D eigenvalue weighted by molar-refractivity contribution is 5.45. The lowest BCUT2D eigenvalue weighted by molar-refractivity contribution is 0.177. The lowest BCUT2D eigenvalue weighted by Gasteiger charge is -2.35. The minimum atomic E-state index is -0.535. The number of piperidine rings is 1. The molecule has 1 saturated heterocycles. The third kappa shape index (κ3) is 3.19. The summed E-state index contributed by atoms with van der Waals surface area (Å²) in [6, 6.07) is 4.52. The van der Waals surface area contributed by atoms with Crippen molar-refractivity contribution in [2.75, 3.05) is 18.4 Å². The Labute approximate surface area is 107 Å². The summed E-state index contributed by atoms with van der Waals surface area (Å²) in [5, 5.41) is 3.17. The van der Waals surface area contributed by atoms with Gasteiger partial charge in [0.25, 0.3) is 0 Å². The van der Waals surface area contributed by atoms with Crippen molar-refractivity contribution in [1.82, 2.24) is 4.90 Å². The molecule has 1 fully saturated rings. The van der Waals surface area contributed by atoms with Crippen LogP contribution in [-0.2, 0) is 0 Å². The van der Waals surface area contributed by atoms with Crippen LogP contribution in [0.5, 0.6) is 0 Å². The van der Waals surface area contributed by atoms with Crippen LogP contribution in [0.2, 0.25) is 0 Å². The van der Waals surface area contributed by atoms with Gasteiger partial charge in [-0.1, -0.05) is 0 Å².